The van der Waals surface area contributed by atoms with Gasteiger partial charge in [0, 0.05) is 6.20 Å². The van der Waals surface area contributed by atoms with Gasteiger partial charge in [0.15, 0.2) is 11.5 Å². The van der Waals surface area contributed by atoms with Crippen molar-refractivity contribution in [3.05, 3.63) is 36.4 Å². The first-order chi connectivity index (χ1) is 8.83. The quantitative estimate of drug-likeness (QED) is 0.712. The van der Waals surface area contributed by atoms with E-state index in [1.54, 1.807) is 18.7 Å². The van der Waals surface area contributed by atoms with Crippen LogP contribution in [0.2, 0.25) is 0 Å². The van der Waals surface area contributed by atoms with Gasteiger partial charge >= 0.3 is 0 Å². The first kappa shape index (κ1) is 10.6. The van der Waals surface area contributed by atoms with E-state index in [1.807, 2.05) is 6.92 Å². The van der Waals surface area contributed by atoms with Gasteiger partial charge in [-0.05, 0) is 6.92 Å². The molecule has 7 nitrogen and oxygen atoms in total. The van der Waals surface area contributed by atoms with E-state index in [4.69, 9.17) is 0 Å². The Bertz CT molecular complexity index is 658. The molecule has 3 rings (SSSR count). The zero-order valence-corrected chi connectivity index (χ0v) is 9.75. The fraction of sp³-hybridized carbons (Fsp3) is 0.182. The Labute approximate surface area is 103 Å². The highest BCUT2D eigenvalue weighted by molar-refractivity contribution is 5.81. The van der Waals surface area contributed by atoms with Gasteiger partial charge in [0.1, 0.15) is 11.8 Å². The third-order valence-electron chi connectivity index (χ3n) is 2.49. The number of hydrogen-bond donors (Lipinski definition) is 2. The average Bonchev–Trinajstić information content (AvgIpc) is 2.87. The lowest BCUT2D eigenvalue weighted by Crippen LogP contribution is -2.04. The average molecular weight is 241 g/mol. The van der Waals surface area contributed by atoms with Gasteiger partial charge in [-0.25, -0.2) is 15.0 Å². The molecule has 0 saturated heterocycles. The topological polar surface area (TPSA) is 92.3 Å². The fourth-order valence-electron chi connectivity index (χ4n) is 1.58. The number of hydrogen-bond acceptors (Lipinski definition) is 6. The third kappa shape index (κ3) is 1.97. The number of aryl methyl sites for hydroxylation is 1. The van der Waals surface area contributed by atoms with E-state index in [1.165, 1.54) is 6.33 Å². The lowest BCUT2D eigenvalue weighted by Gasteiger charge is -2.05. The minimum atomic E-state index is 0.554. The van der Waals surface area contributed by atoms with Crippen molar-refractivity contribution in [3.63, 3.8) is 0 Å². The van der Waals surface area contributed by atoms with Crippen molar-refractivity contribution in [2.24, 2.45) is 0 Å². The molecular weight excluding hydrogens is 230 g/mol. The molecule has 0 aromatic carbocycles. The Hall–Kier alpha value is -2.57. The maximum atomic E-state index is 4.27. The minimum absolute atomic E-state index is 0.554. The highest BCUT2D eigenvalue weighted by atomic mass is 15.1. The van der Waals surface area contributed by atoms with E-state index in [2.05, 4.69) is 35.2 Å². The normalized spacial score (nSPS) is 10.7. The van der Waals surface area contributed by atoms with Crippen LogP contribution in [0.4, 0.5) is 5.82 Å². The van der Waals surface area contributed by atoms with Gasteiger partial charge in [-0.2, -0.15) is 0 Å². The van der Waals surface area contributed by atoms with Crippen molar-refractivity contribution in [1.29, 1.82) is 0 Å². The molecule has 90 valence electrons. The number of nitrogens with one attached hydrogen (secondary N) is 2. The molecule has 0 aliphatic rings. The minimum Gasteiger partial charge on any atom is -0.362 e. The van der Waals surface area contributed by atoms with Crippen molar-refractivity contribution in [1.82, 2.24) is 29.9 Å². The molecule has 0 saturated carbocycles. The summed E-state index contributed by atoms with van der Waals surface area (Å²) in [5.74, 6) is 0.708. The van der Waals surface area contributed by atoms with Gasteiger partial charge in [0.25, 0.3) is 0 Å². The molecule has 2 N–H and O–H groups in total. The van der Waals surface area contributed by atoms with Crippen molar-refractivity contribution in [3.8, 4) is 0 Å². The van der Waals surface area contributed by atoms with Crippen molar-refractivity contribution in [2.75, 3.05) is 5.32 Å². The lowest BCUT2D eigenvalue weighted by molar-refractivity contribution is 0.976. The number of aromatic amines is 1. The molecule has 0 amide bonds. The monoisotopic (exact) mass is 241 g/mol. The summed E-state index contributed by atoms with van der Waals surface area (Å²) in [6.07, 6.45) is 6.55. The van der Waals surface area contributed by atoms with Gasteiger partial charge in [-0.1, -0.05) is 0 Å². The van der Waals surface area contributed by atoms with E-state index in [9.17, 15) is 0 Å². The Balaban J connectivity index is 1.80. The van der Waals surface area contributed by atoms with Crippen LogP contribution in [-0.4, -0.2) is 29.9 Å². The molecule has 18 heavy (non-hydrogen) atoms. The van der Waals surface area contributed by atoms with Gasteiger partial charge in [0.2, 0.25) is 0 Å². The highest BCUT2D eigenvalue weighted by Gasteiger charge is 2.05. The number of fused-ring (bicyclic) bond motifs is 1. The predicted molar refractivity (Wildman–Crippen MR) is 65.8 cm³/mol. The standard InChI is InChI=1S/C11H11N7/c1-7-2-13-8(3-12-7)4-14-10-9-11(16-5-15-9)18-6-17-10/h2-3,5-6H,4H2,1H3,(H2,14,15,16,17,18). The van der Waals surface area contributed by atoms with Crippen LogP contribution < -0.4 is 5.32 Å². The summed E-state index contributed by atoms with van der Waals surface area (Å²) in [5.41, 5.74) is 3.18. The molecule has 0 aliphatic heterocycles. The zero-order valence-electron chi connectivity index (χ0n) is 9.75. The molecular formula is C11H11N7. The second-order valence-corrected chi connectivity index (χ2v) is 3.83. The third-order valence-corrected chi connectivity index (χ3v) is 2.49. The van der Waals surface area contributed by atoms with E-state index in [0.717, 1.165) is 16.9 Å². The number of nitrogens with zero attached hydrogens (tertiary/aromatic N) is 5. The molecule has 0 bridgehead atoms. The summed E-state index contributed by atoms with van der Waals surface area (Å²) in [7, 11) is 0. The fourth-order valence-corrected chi connectivity index (χ4v) is 1.58. The SMILES string of the molecule is Cc1cnc(CNc2ncnc3nc[nH]c23)cn1. The van der Waals surface area contributed by atoms with Crippen molar-refractivity contribution in [2.45, 2.75) is 13.5 Å². The summed E-state index contributed by atoms with van der Waals surface area (Å²) in [6, 6.07) is 0. The molecule has 3 aromatic rings. The van der Waals surface area contributed by atoms with Crippen LogP contribution in [0.3, 0.4) is 0 Å². The van der Waals surface area contributed by atoms with E-state index in [-0.39, 0.29) is 0 Å². The van der Waals surface area contributed by atoms with E-state index >= 15 is 0 Å². The molecule has 0 aliphatic carbocycles. The van der Waals surface area contributed by atoms with Crippen LogP contribution in [-0.2, 0) is 6.54 Å². The van der Waals surface area contributed by atoms with Crippen LogP contribution >= 0.6 is 0 Å². The molecule has 3 heterocycles. The maximum Gasteiger partial charge on any atom is 0.182 e. The Morgan fingerprint density at radius 3 is 2.89 bits per heavy atom. The second-order valence-electron chi connectivity index (χ2n) is 3.83. The van der Waals surface area contributed by atoms with Crippen LogP contribution in [0.25, 0.3) is 11.2 Å². The smallest absolute Gasteiger partial charge is 0.182 e. The lowest BCUT2D eigenvalue weighted by atomic mass is 10.4. The number of anilines is 1. The van der Waals surface area contributed by atoms with Crippen LogP contribution in [0.1, 0.15) is 11.4 Å². The number of H-pyrrole nitrogens is 1. The van der Waals surface area contributed by atoms with Crippen LogP contribution in [0, 0.1) is 6.92 Å². The predicted octanol–water partition coefficient (Wildman–Crippen LogP) is 1.06. The van der Waals surface area contributed by atoms with Crippen molar-refractivity contribution >= 4 is 17.0 Å². The molecule has 0 radical (unpaired) electrons. The largest absolute Gasteiger partial charge is 0.362 e. The molecule has 7 heteroatoms. The van der Waals surface area contributed by atoms with Gasteiger partial charge in [0.05, 0.1) is 30.5 Å². The van der Waals surface area contributed by atoms with E-state index in [0.29, 0.717) is 18.0 Å². The summed E-state index contributed by atoms with van der Waals surface area (Å²) >= 11 is 0. The Morgan fingerprint density at radius 1 is 1.11 bits per heavy atom. The Morgan fingerprint density at radius 2 is 2.06 bits per heavy atom. The molecule has 0 fully saturated rings. The number of rotatable bonds is 3. The van der Waals surface area contributed by atoms with Gasteiger partial charge in [-0.15, -0.1) is 0 Å². The zero-order chi connectivity index (χ0) is 12.4. The maximum absolute atomic E-state index is 4.27. The molecule has 0 atom stereocenters. The first-order valence-corrected chi connectivity index (χ1v) is 5.48. The summed E-state index contributed by atoms with van der Waals surface area (Å²) in [5, 5.41) is 3.18. The van der Waals surface area contributed by atoms with Crippen LogP contribution in [0.5, 0.6) is 0 Å². The Kier molecular flexibility index (Phi) is 2.56. The molecule has 0 unspecified atom stereocenters. The van der Waals surface area contributed by atoms with E-state index < -0.39 is 0 Å². The number of aromatic nitrogens is 6. The molecule has 0 spiro atoms. The highest BCUT2D eigenvalue weighted by Crippen LogP contribution is 2.14. The first-order valence-electron chi connectivity index (χ1n) is 5.48. The molecule has 3 aromatic heterocycles. The van der Waals surface area contributed by atoms with Gasteiger partial charge < -0.3 is 10.3 Å². The summed E-state index contributed by atoms with van der Waals surface area (Å²) < 4.78 is 0. The second kappa shape index (κ2) is 4.36. The number of imidazole rings is 1. The van der Waals surface area contributed by atoms with Crippen LogP contribution in [0.15, 0.2) is 25.0 Å². The summed E-state index contributed by atoms with van der Waals surface area (Å²) in [4.78, 5) is 23.7. The summed E-state index contributed by atoms with van der Waals surface area (Å²) in [6.45, 7) is 2.46. The van der Waals surface area contributed by atoms with Gasteiger partial charge in [-0.3, -0.25) is 9.97 Å². The van der Waals surface area contributed by atoms with Crippen molar-refractivity contribution < 1.29 is 0 Å².